The van der Waals surface area contributed by atoms with E-state index in [1.54, 1.807) is 42.3 Å². The summed E-state index contributed by atoms with van der Waals surface area (Å²) in [6, 6.07) is 14.6. The second-order valence-corrected chi connectivity index (χ2v) is 12.4. The Bertz CT molecular complexity index is 1410. The van der Waals surface area contributed by atoms with E-state index in [0.717, 1.165) is 36.1 Å². The largest absolute Gasteiger partial charge is 0.497 e. The van der Waals surface area contributed by atoms with Crippen LogP contribution in [0.4, 0.5) is 11.4 Å². The number of nitrogens with one attached hydrogen (secondary N) is 2. The van der Waals surface area contributed by atoms with Gasteiger partial charge in [-0.1, -0.05) is 37.6 Å². The van der Waals surface area contributed by atoms with Gasteiger partial charge in [0.05, 0.1) is 25.4 Å². The Labute approximate surface area is 248 Å². The molecule has 2 heterocycles. The second kappa shape index (κ2) is 14.5. The van der Waals surface area contributed by atoms with Crippen molar-refractivity contribution >= 4 is 27.3 Å². The fraction of sp³-hybridized carbons (Fsp3) is 0.419. The summed E-state index contributed by atoms with van der Waals surface area (Å²) in [5, 5.41) is 13.3. The number of rotatable bonds is 13. The zero-order valence-electron chi connectivity index (χ0n) is 24.2. The Morgan fingerprint density at radius 3 is 2.33 bits per heavy atom. The molecule has 0 radical (unpaired) electrons. The molecule has 0 aliphatic carbocycles. The van der Waals surface area contributed by atoms with Crippen LogP contribution in [0.2, 0.25) is 0 Å². The van der Waals surface area contributed by atoms with Crippen LogP contribution in [-0.2, 0) is 27.7 Å². The molecule has 0 saturated carbocycles. The van der Waals surface area contributed by atoms with Crippen molar-refractivity contribution in [3.05, 3.63) is 78.1 Å². The van der Waals surface area contributed by atoms with E-state index in [0.29, 0.717) is 31.1 Å². The van der Waals surface area contributed by atoms with Crippen molar-refractivity contribution in [3.63, 3.8) is 0 Å². The second-order valence-electron chi connectivity index (χ2n) is 10.7. The monoisotopic (exact) mass is 595 g/mol. The highest BCUT2D eigenvalue weighted by Gasteiger charge is 2.33. The van der Waals surface area contributed by atoms with Crippen LogP contribution in [-0.4, -0.2) is 68.2 Å². The minimum atomic E-state index is -4.20. The maximum atomic E-state index is 13.8. The smallest absolute Gasteiger partial charge is 0.244 e. The van der Waals surface area contributed by atoms with Crippen LogP contribution in [0.5, 0.6) is 5.75 Å². The zero-order valence-corrected chi connectivity index (χ0v) is 25.0. The van der Waals surface area contributed by atoms with E-state index < -0.39 is 22.1 Å². The number of carbonyl (C=O) groups is 1. The fourth-order valence-electron chi connectivity index (χ4n) is 5.24. The zero-order chi connectivity index (χ0) is 30.1. The van der Waals surface area contributed by atoms with Crippen LogP contribution in [0.25, 0.3) is 0 Å². The van der Waals surface area contributed by atoms with Crippen LogP contribution in [0.1, 0.15) is 37.3 Å². The number of likely N-dealkylation sites (tertiary alicyclic amines) is 1. The fourth-order valence-corrected chi connectivity index (χ4v) is 6.54. The number of carbonyl (C=O) groups excluding carboxylic acids is 1. The molecule has 1 aliphatic rings. The third kappa shape index (κ3) is 8.21. The van der Waals surface area contributed by atoms with E-state index in [1.165, 1.54) is 12.4 Å². The van der Waals surface area contributed by atoms with Gasteiger partial charge < -0.3 is 25.8 Å². The lowest BCUT2D eigenvalue weighted by Gasteiger charge is -2.34. The number of hydrogen-bond acceptors (Lipinski definition) is 8. The topological polar surface area (TPSA) is 147 Å². The number of methoxy groups -OCH3 is 1. The Morgan fingerprint density at radius 1 is 1.07 bits per heavy atom. The lowest BCUT2D eigenvalue weighted by atomic mass is 9.94. The van der Waals surface area contributed by atoms with Crippen LogP contribution in [0.15, 0.2) is 71.9 Å². The number of nitrogens with zero attached hydrogens (tertiary/aromatic N) is 2. The van der Waals surface area contributed by atoms with E-state index in [2.05, 4.69) is 21.9 Å². The summed E-state index contributed by atoms with van der Waals surface area (Å²) < 4.78 is 35.6. The number of nitrogen functional groups attached to an aromatic ring is 1. The van der Waals surface area contributed by atoms with Crippen LogP contribution in [0, 0.1) is 5.92 Å². The first-order valence-electron chi connectivity index (χ1n) is 14.3. The summed E-state index contributed by atoms with van der Waals surface area (Å²) >= 11 is 0. The standard InChI is InChI=1S/C31H41N5O5S/c1-3-22-13-16-36(17-14-22)31(38)29(19-24-4-8-25(32)9-5-24)35-42(39,40)30-20-33-15-12-28(30)34-26(21-37)18-23-6-10-27(41-2)11-7-23/h4-12,15,20,22,26,29,35,37H,3,13-14,16-19,21,32H2,1-2H3,(H,33,34)/t26-,29-/m0/s1. The van der Waals surface area contributed by atoms with Gasteiger partial charge in [-0.25, -0.2) is 8.42 Å². The molecule has 3 aromatic rings. The first-order valence-corrected chi connectivity index (χ1v) is 15.8. The maximum Gasteiger partial charge on any atom is 0.244 e. The van der Waals surface area contributed by atoms with E-state index in [1.807, 2.05) is 24.3 Å². The summed E-state index contributed by atoms with van der Waals surface area (Å²) in [5.41, 5.74) is 8.45. The summed E-state index contributed by atoms with van der Waals surface area (Å²) in [7, 11) is -2.61. The maximum absolute atomic E-state index is 13.8. The van der Waals surface area contributed by atoms with E-state index in [9.17, 15) is 18.3 Å². The number of ether oxygens (including phenoxy) is 1. The van der Waals surface area contributed by atoms with Gasteiger partial charge in [0.25, 0.3) is 0 Å². The average molecular weight is 596 g/mol. The minimum Gasteiger partial charge on any atom is -0.497 e. The molecule has 2 aromatic carbocycles. The molecule has 2 atom stereocenters. The van der Waals surface area contributed by atoms with Gasteiger partial charge >= 0.3 is 0 Å². The van der Waals surface area contributed by atoms with Gasteiger partial charge in [0.1, 0.15) is 16.7 Å². The van der Waals surface area contributed by atoms with Gasteiger partial charge in [0, 0.05) is 31.2 Å². The highest BCUT2D eigenvalue weighted by Crippen LogP contribution is 2.25. The number of anilines is 2. The number of nitrogens with two attached hydrogens (primary N) is 1. The summed E-state index contributed by atoms with van der Waals surface area (Å²) in [6.45, 7) is 3.12. The quantitative estimate of drug-likeness (QED) is 0.220. The van der Waals surface area contributed by atoms with Crippen molar-refractivity contribution in [2.75, 3.05) is 37.9 Å². The van der Waals surface area contributed by atoms with Crippen LogP contribution in [0.3, 0.4) is 0 Å². The van der Waals surface area contributed by atoms with Gasteiger partial charge in [-0.05, 0) is 73.1 Å². The van der Waals surface area contributed by atoms with Gasteiger partial charge in [0.2, 0.25) is 15.9 Å². The van der Waals surface area contributed by atoms with Crippen molar-refractivity contribution in [2.45, 2.75) is 56.0 Å². The van der Waals surface area contributed by atoms with E-state index in [4.69, 9.17) is 10.5 Å². The number of aliphatic hydroxyl groups is 1. The van der Waals surface area contributed by atoms with Crippen molar-refractivity contribution in [3.8, 4) is 5.75 Å². The van der Waals surface area contributed by atoms with Crippen molar-refractivity contribution in [1.82, 2.24) is 14.6 Å². The molecule has 226 valence electrons. The molecule has 1 fully saturated rings. The number of amides is 1. The minimum absolute atomic E-state index is 0.0991. The first kappa shape index (κ1) is 31.3. The number of aliphatic hydroxyl groups excluding tert-OH is 1. The van der Waals surface area contributed by atoms with Gasteiger partial charge in [-0.15, -0.1) is 0 Å². The number of piperidine rings is 1. The van der Waals surface area contributed by atoms with E-state index >= 15 is 0 Å². The van der Waals surface area contributed by atoms with Gasteiger partial charge in [0.15, 0.2) is 0 Å². The highest BCUT2D eigenvalue weighted by molar-refractivity contribution is 7.89. The molecule has 1 saturated heterocycles. The Morgan fingerprint density at radius 2 is 1.71 bits per heavy atom. The van der Waals surface area contributed by atoms with Crippen molar-refractivity contribution in [2.24, 2.45) is 5.92 Å². The van der Waals surface area contributed by atoms with Gasteiger partial charge in [-0.3, -0.25) is 9.78 Å². The number of hydrogen-bond donors (Lipinski definition) is 4. The molecule has 11 heteroatoms. The predicted octanol–water partition coefficient (Wildman–Crippen LogP) is 3.23. The average Bonchev–Trinajstić information content (AvgIpc) is 3.01. The lowest BCUT2D eigenvalue weighted by Crippen LogP contribution is -2.51. The lowest BCUT2D eigenvalue weighted by molar-refractivity contribution is -0.134. The molecule has 1 aliphatic heterocycles. The number of pyridine rings is 1. The molecule has 0 spiro atoms. The summed E-state index contributed by atoms with van der Waals surface area (Å²) in [4.78, 5) is 19.4. The van der Waals surface area contributed by atoms with Crippen LogP contribution < -0.4 is 20.5 Å². The molecule has 1 amide bonds. The third-order valence-corrected chi connectivity index (χ3v) is 9.31. The number of aromatic nitrogens is 1. The Kier molecular flexibility index (Phi) is 10.8. The molecule has 42 heavy (non-hydrogen) atoms. The third-order valence-electron chi connectivity index (χ3n) is 7.81. The highest BCUT2D eigenvalue weighted by atomic mass is 32.2. The summed E-state index contributed by atoms with van der Waals surface area (Å²) in [6.07, 6.45) is 6.22. The Balaban J connectivity index is 1.56. The number of sulfonamides is 1. The predicted molar refractivity (Wildman–Crippen MR) is 164 cm³/mol. The van der Waals surface area contributed by atoms with Crippen LogP contribution >= 0.6 is 0 Å². The normalized spacial score (nSPS) is 15.6. The molecular weight excluding hydrogens is 554 g/mol. The van der Waals surface area contributed by atoms with E-state index in [-0.39, 0.29) is 29.5 Å². The molecule has 0 bridgehead atoms. The van der Waals surface area contributed by atoms with Crippen molar-refractivity contribution in [1.29, 1.82) is 0 Å². The molecule has 4 rings (SSSR count). The summed E-state index contributed by atoms with van der Waals surface area (Å²) in [5.74, 6) is 1.04. The number of benzene rings is 2. The molecular formula is C31H41N5O5S. The molecule has 10 nitrogen and oxygen atoms in total. The molecule has 0 unspecified atom stereocenters. The molecule has 5 N–H and O–H groups in total. The Hall–Kier alpha value is -3.67. The van der Waals surface area contributed by atoms with Crippen molar-refractivity contribution < 1.29 is 23.1 Å². The molecule has 1 aromatic heterocycles. The SMILES string of the molecule is CCC1CCN(C(=O)[C@H](Cc2ccc(N)cc2)NS(=O)(=O)c2cnccc2N[C@H](CO)Cc2ccc(OC)cc2)CC1. The van der Waals surface area contributed by atoms with Gasteiger partial charge in [-0.2, -0.15) is 4.72 Å². The first-order chi connectivity index (χ1) is 20.2.